The fourth-order valence-corrected chi connectivity index (χ4v) is 3.74. The van der Waals surface area contributed by atoms with E-state index >= 15 is 0 Å². The minimum Gasteiger partial charge on any atom is -0.304 e. The van der Waals surface area contributed by atoms with Crippen LogP contribution in [0.4, 0.5) is 23.2 Å². The first-order chi connectivity index (χ1) is 14.2. The van der Waals surface area contributed by atoms with Crippen molar-refractivity contribution in [3.05, 3.63) is 75.3 Å². The van der Waals surface area contributed by atoms with E-state index in [1.807, 2.05) is 6.07 Å². The molecule has 0 aliphatic carbocycles. The van der Waals surface area contributed by atoms with Gasteiger partial charge < -0.3 is 4.90 Å². The molecule has 0 radical (unpaired) electrons. The second-order valence-corrected chi connectivity index (χ2v) is 7.47. The highest BCUT2D eigenvalue weighted by atomic mass is 79.9. The van der Waals surface area contributed by atoms with Gasteiger partial charge in [-0.25, -0.2) is 9.07 Å². The van der Waals surface area contributed by atoms with Gasteiger partial charge in [-0.05, 0) is 42.8 Å². The number of aromatic nitrogens is 2. The Kier molecular flexibility index (Phi) is 4.86. The van der Waals surface area contributed by atoms with E-state index in [0.717, 1.165) is 9.58 Å². The average Bonchev–Trinajstić information content (AvgIpc) is 3.10. The number of hydrogen-bond acceptors (Lipinski definition) is 3. The van der Waals surface area contributed by atoms with Crippen molar-refractivity contribution in [2.45, 2.75) is 12.6 Å². The molecule has 1 aliphatic heterocycles. The van der Waals surface area contributed by atoms with Crippen molar-refractivity contribution in [1.29, 1.82) is 5.26 Å². The molecule has 10 heteroatoms. The van der Waals surface area contributed by atoms with Crippen molar-refractivity contribution in [3.63, 3.8) is 0 Å². The molecule has 1 aliphatic rings. The van der Waals surface area contributed by atoms with Gasteiger partial charge in [0.15, 0.2) is 5.69 Å². The summed E-state index contributed by atoms with van der Waals surface area (Å²) in [5, 5.41) is 12.8. The van der Waals surface area contributed by atoms with Crippen LogP contribution in [0.25, 0.3) is 5.69 Å². The Labute approximate surface area is 176 Å². The fraction of sp³-hybridized carbons (Fsp3) is 0.150. The van der Waals surface area contributed by atoms with Crippen molar-refractivity contribution in [1.82, 2.24) is 9.78 Å². The van der Waals surface area contributed by atoms with Crippen LogP contribution in [0, 0.1) is 17.1 Å². The predicted octanol–water partition coefficient (Wildman–Crippen LogP) is 4.87. The Morgan fingerprint density at radius 1 is 1.17 bits per heavy atom. The molecule has 0 fully saturated rings. The van der Waals surface area contributed by atoms with Gasteiger partial charge in [-0.3, -0.25) is 4.79 Å². The number of nitriles is 1. The van der Waals surface area contributed by atoms with Gasteiger partial charge in [0.25, 0.3) is 5.91 Å². The SMILES string of the molecule is N#Cc1cccc(-n2nc(C(F)(F)F)c3c2C(=O)N(c2ccc(Br)cc2F)CC3)c1. The van der Waals surface area contributed by atoms with Gasteiger partial charge in [0.05, 0.1) is 23.0 Å². The molecule has 0 N–H and O–H groups in total. The zero-order valence-electron chi connectivity index (χ0n) is 15.0. The summed E-state index contributed by atoms with van der Waals surface area (Å²) in [5.41, 5.74) is -1.42. The van der Waals surface area contributed by atoms with E-state index in [0.29, 0.717) is 4.47 Å². The number of carbonyl (C=O) groups excluding carboxylic acids is 1. The third kappa shape index (κ3) is 3.35. The van der Waals surface area contributed by atoms with E-state index in [-0.39, 0.29) is 41.2 Å². The van der Waals surface area contributed by atoms with E-state index in [1.54, 1.807) is 0 Å². The minimum atomic E-state index is -4.77. The summed E-state index contributed by atoms with van der Waals surface area (Å²) >= 11 is 3.13. The molecule has 4 rings (SSSR count). The van der Waals surface area contributed by atoms with Crippen molar-refractivity contribution >= 4 is 27.5 Å². The van der Waals surface area contributed by atoms with Gasteiger partial charge in [0, 0.05) is 16.6 Å². The number of fused-ring (bicyclic) bond motifs is 1. The third-order valence-electron chi connectivity index (χ3n) is 4.71. The van der Waals surface area contributed by atoms with Crippen LogP contribution in [-0.2, 0) is 12.6 Å². The number of benzene rings is 2. The lowest BCUT2D eigenvalue weighted by molar-refractivity contribution is -0.141. The van der Waals surface area contributed by atoms with Crippen molar-refractivity contribution in [2.24, 2.45) is 0 Å². The smallest absolute Gasteiger partial charge is 0.304 e. The molecule has 152 valence electrons. The molecule has 0 unspecified atom stereocenters. The lowest BCUT2D eigenvalue weighted by Gasteiger charge is -2.28. The number of nitrogens with zero attached hydrogens (tertiary/aromatic N) is 4. The number of amides is 1. The molecule has 0 atom stereocenters. The van der Waals surface area contributed by atoms with Crippen molar-refractivity contribution in [2.75, 3.05) is 11.4 Å². The van der Waals surface area contributed by atoms with Crippen LogP contribution in [0.3, 0.4) is 0 Å². The molecule has 3 aromatic rings. The summed E-state index contributed by atoms with van der Waals surface area (Å²) in [6, 6.07) is 11.7. The van der Waals surface area contributed by atoms with Crippen LogP contribution in [0.1, 0.15) is 27.3 Å². The van der Waals surface area contributed by atoms with Crippen molar-refractivity contribution < 1.29 is 22.4 Å². The number of anilines is 1. The first-order valence-electron chi connectivity index (χ1n) is 8.67. The maximum atomic E-state index is 14.4. The van der Waals surface area contributed by atoms with Gasteiger partial charge in [-0.1, -0.05) is 22.0 Å². The predicted molar refractivity (Wildman–Crippen MR) is 103 cm³/mol. The van der Waals surface area contributed by atoms with E-state index in [1.165, 1.54) is 42.5 Å². The summed E-state index contributed by atoms with van der Waals surface area (Å²) < 4.78 is 56.5. The molecular weight excluding hydrogens is 468 g/mol. The summed E-state index contributed by atoms with van der Waals surface area (Å²) in [6.07, 6.45) is -4.92. The zero-order valence-corrected chi connectivity index (χ0v) is 16.6. The monoisotopic (exact) mass is 478 g/mol. The number of hydrogen-bond donors (Lipinski definition) is 0. The lowest BCUT2D eigenvalue weighted by atomic mass is 10.0. The number of halogens is 5. The fourth-order valence-electron chi connectivity index (χ4n) is 3.41. The number of carbonyl (C=O) groups is 1. The third-order valence-corrected chi connectivity index (χ3v) is 5.20. The maximum Gasteiger partial charge on any atom is 0.435 e. The molecule has 30 heavy (non-hydrogen) atoms. The first-order valence-corrected chi connectivity index (χ1v) is 9.46. The largest absolute Gasteiger partial charge is 0.435 e. The lowest BCUT2D eigenvalue weighted by Crippen LogP contribution is -2.39. The molecule has 1 amide bonds. The van der Waals surface area contributed by atoms with Crippen LogP contribution in [0.2, 0.25) is 0 Å². The maximum absolute atomic E-state index is 14.4. The van der Waals surface area contributed by atoms with Crippen LogP contribution in [0.15, 0.2) is 46.9 Å². The summed E-state index contributed by atoms with van der Waals surface area (Å²) in [6.45, 7) is -0.128. The van der Waals surface area contributed by atoms with Gasteiger partial charge >= 0.3 is 6.18 Å². The second-order valence-electron chi connectivity index (χ2n) is 6.55. The van der Waals surface area contributed by atoms with Crippen molar-refractivity contribution in [3.8, 4) is 11.8 Å². The molecule has 0 saturated carbocycles. The van der Waals surface area contributed by atoms with E-state index in [9.17, 15) is 22.4 Å². The average molecular weight is 479 g/mol. The highest BCUT2D eigenvalue weighted by Gasteiger charge is 2.43. The summed E-state index contributed by atoms with van der Waals surface area (Å²) in [5.74, 6) is -1.49. The van der Waals surface area contributed by atoms with Crippen LogP contribution in [-0.4, -0.2) is 22.2 Å². The highest BCUT2D eigenvalue weighted by molar-refractivity contribution is 9.10. The number of rotatable bonds is 2. The Hall–Kier alpha value is -3.19. The Balaban J connectivity index is 1.90. The second kappa shape index (κ2) is 7.25. The quantitative estimate of drug-likeness (QED) is 0.493. The Morgan fingerprint density at radius 2 is 1.93 bits per heavy atom. The van der Waals surface area contributed by atoms with Gasteiger partial charge in [-0.2, -0.15) is 23.5 Å². The topological polar surface area (TPSA) is 61.9 Å². The molecule has 2 heterocycles. The first kappa shape index (κ1) is 20.1. The van der Waals surface area contributed by atoms with Crippen LogP contribution < -0.4 is 4.90 Å². The van der Waals surface area contributed by atoms with E-state index < -0.39 is 23.6 Å². The molecule has 0 spiro atoms. The summed E-state index contributed by atoms with van der Waals surface area (Å²) in [7, 11) is 0. The molecule has 2 aromatic carbocycles. The highest BCUT2D eigenvalue weighted by Crippen LogP contribution is 2.37. The zero-order chi connectivity index (χ0) is 21.6. The van der Waals surface area contributed by atoms with E-state index in [2.05, 4.69) is 21.0 Å². The van der Waals surface area contributed by atoms with Crippen LogP contribution in [0.5, 0.6) is 0 Å². The Morgan fingerprint density at radius 3 is 2.60 bits per heavy atom. The molecule has 5 nitrogen and oxygen atoms in total. The molecular formula is C20H11BrF4N4O. The summed E-state index contributed by atoms with van der Waals surface area (Å²) in [4.78, 5) is 14.3. The standard InChI is InChI=1S/C20H11BrF4N4O/c21-12-4-5-16(15(22)9-12)28-7-6-14-17(19(28)30)29(27-18(14)20(23,24)25)13-3-1-2-11(8-13)10-26/h1-5,8-9H,6-7H2. The molecule has 1 aromatic heterocycles. The van der Waals surface area contributed by atoms with Gasteiger partial charge in [-0.15, -0.1) is 0 Å². The molecule has 0 bridgehead atoms. The van der Waals surface area contributed by atoms with Gasteiger partial charge in [0.1, 0.15) is 11.5 Å². The van der Waals surface area contributed by atoms with Crippen LogP contribution >= 0.6 is 15.9 Å². The molecule has 0 saturated heterocycles. The minimum absolute atomic E-state index is 0.0408. The van der Waals surface area contributed by atoms with Gasteiger partial charge in [0.2, 0.25) is 0 Å². The normalized spacial score (nSPS) is 13.9. The van der Waals surface area contributed by atoms with E-state index in [4.69, 9.17) is 5.26 Å². The Bertz CT molecular complexity index is 1210. The number of alkyl halides is 3.